The van der Waals surface area contributed by atoms with Gasteiger partial charge in [-0.15, -0.1) is 0 Å². The fraction of sp³-hybridized carbons (Fsp3) is 0.833. The first-order chi connectivity index (χ1) is 7.65. The Morgan fingerprint density at radius 1 is 1.19 bits per heavy atom. The molecule has 0 aromatic carbocycles. The Balaban J connectivity index is 2.63. The maximum absolute atomic E-state index is 11.3. The summed E-state index contributed by atoms with van der Waals surface area (Å²) >= 11 is 0. The molecule has 1 saturated carbocycles. The van der Waals surface area contributed by atoms with E-state index >= 15 is 0 Å². The predicted octanol–water partition coefficient (Wildman–Crippen LogP) is 1.94. The van der Waals surface area contributed by atoms with Gasteiger partial charge < -0.3 is 10.4 Å². The molecule has 0 aromatic rings. The Morgan fingerprint density at radius 3 is 2.38 bits per heavy atom. The third-order valence-corrected chi connectivity index (χ3v) is 3.25. The molecule has 1 amide bonds. The molecule has 0 aliphatic heterocycles. The minimum absolute atomic E-state index is 0.0446. The third-order valence-electron chi connectivity index (χ3n) is 3.25. The highest BCUT2D eigenvalue weighted by molar-refractivity contribution is 5.77. The standard InChI is InChI=1S/C12H21NO3/c1-2-11(14)13-10-8-6-4-3-5-7-9(10)12(15)16/h9-10H,2-8H2,1H3,(H,13,14)(H,15,16). The van der Waals surface area contributed by atoms with E-state index in [0.717, 1.165) is 32.1 Å². The summed E-state index contributed by atoms with van der Waals surface area (Å²) in [4.78, 5) is 22.5. The van der Waals surface area contributed by atoms with E-state index in [2.05, 4.69) is 5.32 Å². The molecule has 92 valence electrons. The van der Waals surface area contributed by atoms with Crippen LogP contribution >= 0.6 is 0 Å². The first-order valence-corrected chi connectivity index (χ1v) is 6.17. The Morgan fingerprint density at radius 2 is 1.81 bits per heavy atom. The Kier molecular flexibility index (Phi) is 5.29. The van der Waals surface area contributed by atoms with Crippen molar-refractivity contribution in [1.82, 2.24) is 5.32 Å². The van der Waals surface area contributed by atoms with Crippen molar-refractivity contribution in [2.75, 3.05) is 0 Å². The summed E-state index contributed by atoms with van der Waals surface area (Å²) in [6.45, 7) is 1.79. The number of rotatable bonds is 3. The molecule has 0 spiro atoms. The van der Waals surface area contributed by atoms with Crippen LogP contribution in [0.4, 0.5) is 0 Å². The zero-order valence-corrected chi connectivity index (χ0v) is 9.87. The number of hydrogen-bond acceptors (Lipinski definition) is 2. The first kappa shape index (κ1) is 13.0. The summed E-state index contributed by atoms with van der Waals surface area (Å²) in [6, 6.07) is -0.176. The van der Waals surface area contributed by atoms with Crippen molar-refractivity contribution in [3.8, 4) is 0 Å². The molecule has 0 aromatic heterocycles. The van der Waals surface area contributed by atoms with Gasteiger partial charge in [0.2, 0.25) is 5.91 Å². The summed E-state index contributed by atoms with van der Waals surface area (Å²) in [6.07, 6.45) is 6.12. The van der Waals surface area contributed by atoms with Crippen molar-refractivity contribution in [2.45, 2.75) is 57.9 Å². The molecule has 2 atom stereocenters. The van der Waals surface area contributed by atoms with E-state index in [9.17, 15) is 9.59 Å². The van der Waals surface area contributed by atoms with Crippen LogP contribution in [0.25, 0.3) is 0 Å². The lowest BCUT2D eigenvalue weighted by molar-refractivity contribution is -0.143. The van der Waals surface area contributed by atoms with Gasteiger partial charge in [-0.25, -0.2) is 0 Å². The van der Waals surface area contributed by atoms with Crippen molar-refractivity contribution >= 4 is 11.9 Å². The van der Waals surface area contributed by atoms with E-state index in [-0.39, 0.29) is 11.9 Å². The van der Waals surface area contributed by atoms with Crippen LogP contribution < -0.4 is 5.32 Å². The van der Waals surface area contributed by atoms with Gasteiger partial charge in [0.1, 0.15) is 0 Å². The van der Waals surface area contributed by atoms with E-state index in [0.29, 0.717) is 12.8 Å². The van der Waals surface area contributed by atoms with Crippen LogP contribution in [-0.4, -0.2) is 23.0 Å². The van der Waals surface area contributed by atoms with Gasteiger partial charge in [-0.2, -0.15) is 0 Å². The highest BCUT2D eigenvalue weighted by Gasteiger charge is 2.29. The first-order valence-electron chi connectivity index (χ1n) is 6.17. The van der Waals surface area contributed by atoms with Crippen LogP contribution in [-0.2, 0) is 9.59 Å². The molecular formula is C12H21NO3. The molecule has 0 saturated heterocycles. The summed E-state index contributed by atoms with van der Waals surface area (Å²) < 4.78 is 0. The molecular weight excluding hydrogens is 206 g/mol. The lowest BCUT2D eigenvalue weighted by atomic mass is 9.86. The molecule has 0 radical (unpaired) electrons. The second-order valence-electron chi connectivity index (χ2n) is 4.46. The van der Waals surface area contributed by atoms with E-state index in [1.54, 1.807) is 6.92 Å². The number of amides is 1. The van der Waals surface area contributed by atoms with E-state index in [1.807, 2.05) is 0 Å². The molecule has 4 heteroatoms. The van der Waals surface area contributed by atoms with Gasteiger partial charge in [0.25, 0.3) is 0 Å². The minimum Gasteiger partial charge on any atom is -0.481 e. The number of nitrogens with one attached hydrogen (secondary N) is 1. The second kappa shape index (κ2) is 6.51. The van der Waals surface area contributed by atoms with Gasteiger partial charge in [0.15, 0.2) is 0 Å². The number of carbonyl (C=O) groups is 2. The average Bonchev–Trinajstić information content (AvgIpc) is 2.21. The maximum Gasteiger partial charge on any atom is 0.308 e. The lowest BCUT2D eigenvalue weighted by Crippen LogP contribution is -2.43. The van der Waals surface area contributed by atoms with Crippen molar-refractivity contribution < 1.29 is 14.7 Å². The SMILES string of the molecule is CCC(=O)NC1CCCCCCC1C(=O)O. The van der Waals surface area contributed by atoms with E-state index in [1.165, 1.54) is 0 Å². The van der Waals surface area contributed by atoms with Gasteiger partial charge in [-0.05, 0) is 12.8 Å². The molecule has 1 fully saturated rings. The van der Waals surface area contributed by atoms with Crippen LogP contribution in [0.1, 0.15) is 51.9 Å². The zero-order valence-electron chi connectivity index (χ0n) is 9.87. The molecule has 1 rings (SSSR count). The van der Waals surface area contributed by atoms with Crippen molar-refractivity contribution in [2.24, 2.45) is 5.92 Å². The second-order valence-corrected chi connectivity index (χ2v) is 4.46. The van der Waals surface area contributed by atoms with Gasteiger partial charge in [0, 0.05) is 12.5 Å². The fourth-order valence-electron chi connectivity index (χ4n) is 2.26. The normalized spacial score (nSPS) is 26.6. The van der Waals surface area contributed by atoms with Gasteiger partial charge in [-0.1, -0.05) is 32.6 Å². The van der Waals surface area contributed by atoms with Gasteiger partial charge in [-0.3, -0.25) is 9.59 Å². The molecule has 4 nitrogen and oxygen atoms in total. The van der Waals surface area contributed by atoms with Crippen LogP contribution in [0.5, 0.6) is 0 Å². The van der Waals surface area contributed by atoms with Crippen LogP contribution in [0.3, 0.4) is 0 Å². The maximum atomic E-state index is 11.3. The fourth-order valence-corrected chi connectivity index (χ4v) is 2.26. The molecule has 16 heavy (non-hydrogen) atoms. The Labute approximate surface area is 96.4 Å². The minimum atomic E-state index is -0.775. The monoisotopic (exact) mass is 227 g/mol. The quantitative estimate of drug-likeness (QED) is 0.774. The molecule has 0 heterocycles. The summed E-state index contributed by atoms with van der Waals surface area (Å²) in [5, 5.41) is 12.0. The zero-order chi connectivity index (χ0) is 12.0. The summed E-state index contributed by atoms with van der Waals surface area (Å²) in [7, 11) is 0. The van der Waals surface area contributed by atoms with Crippen LogP contribution in [0, 0.1) is 5.92 Å². The average molecular weight is 227 g/mol. The molecule has 0 bridgehead atoms. The largest absolute Gasteiger partial charge is 0.481 e. The molecule has 1 aliphatic carbocycles. The highest BCUT2D eigenvalue weighted by atomic mass is 16.4. The Hall–Kier alpha value is -1.06. The summed E-state index contributed by atoms with van der Waals surface area (Å²) in [5.74, 6) is -1.23. The number of carboxylic acid groups (broad SMARTS) is 1. The highest BCUT2D eigenvalue weighted by Crippen LogP contribution is 2.23. The van der Waals surface area contributed by atoms with E-state index < -0.39 is 11.9 Å². The van der Waals surface area contributed by atoms with Crippen molar-refractivity contribution in [3.63, 3.8) is 0 Å². The summed E-state index contributed by atoms with van der Waals surface area (Å²) in [5.41, 5.74) is 0. The third kappa shape index (κ3) is 3.83. The number of carboxylic acids is 1. The number of hydrogen-bond donors (Lipinski definition) is 2. The lowest BCUT2D eigenvalue weighted by Gasteiger charge is -2.27. The predicted molar refractivity (Wildman–Crippen MR) is 61.0 cm³/mol. The van der Waals surface area contributed by atoms with Gasteiger partial charge in [0.05, 0.1) is 5.92 Å². The number of aliphatic carboxylic acids is 1. The van der Waals surface area contributed by atoms with Crippen molar-refractivity contribution in [1.29, 1.82) is 0 Å². The van der Waals surface area contributed by atoms with Crippen molar-refractivity contribution in [3.05, 3.63) is 0 Å². The van der Waals surface area contributed by atoms with Crippen LogP contribution in [0.15, 0.2) is 0 Å². The topological polar surface area (TPSA) is 66.4 Å². The number of carbonyl (C=O) groups excluding carboxylic acids is 1. The van der Waals surface area contributed by atoms with E-state index in [4.69, 9.17) is 5.11 Å². The molecule has 2 unspecified atom stereocenters. The Bertz CT molecular complexity index is 253. The van der Waals surface area contributed by atoms with Crippen LogP contribution in [0.2, 0.25) is 0 Å². The van der Waals surface area contributed by atoms with Gasteiger partial charge >= 0.3 is 5.97 Å². The smallest absolute Gasteiger partial charge is 0.308 e. The molecule has 2 N–H and O–H groups in total. The molecule has 1 aliphatic rings.